The van der Waals surface area contributed by atoms with Crippen molar-refractivity contribution in [2.24, 2.45) is 10.7 Å². The minimum absolute atomic E-state index is 0.190. The summed E-state index contributed by atoms with van der Waals surface area (Å²) in [4.78, 5) is 8.31. The second kappa shape index (κ2) is 8.73. The summed E-state index contributed by atoms with van der Waals surface area (Å²) in [5.41, 5.74) is 6.19. The predicted molar refractivity (Wildman–Crippen MR) is 90.8 cm³/mol. The van der Waals surface area contributed by atoms with Gasteiger partial charge in [-0.2, -0.15) is 13.2 Å². The Labute approximate surface area is 144 Å². The number of halogens is 3. The first kappa shape index (κ1) is 18.3. The third-order valence-electron chi connectivity index (χ3n) is 3.16. The largest absolute Gasteiger partial charge is 0.416 e. The van der Waals surface area contributed by atoms with Gasteiger partial charge in [-0.15, -0.1) is 0 Å². The molecule has 0 saturated carbocycles. The number of guanidine groups is 1. The highest BCUT2D eigenvalue weighted by Crippen LogP contribution is 2.29. The summed E-state index contributed by atoms with van der Waals surface area (Å²) in [6.07, 6.45) is -2.00. The first-order chi connectivity index (χ1) is 11.9. The van der Waals surface area contributed by atoms with E-state index in [9.17, 15) is 13.2 Å². The van der Waals surface area contributed by atoms with Gasteiger partial charge >= 0.3 is 6.18 Å². The lowest BCUT2D eigenvalue weighted by molar-refractivity contribution is -0.137. The van der Waals surface area contributed by atoms with E-state index in [2.05, 4.69) is 27.1 Å². The molecule has 0 aliphatic carbocycles. The first-order valence-electron chi connectivity index (χ1n) is 7.55. The summed E-state index contributed by atoms with van der Waals surface area (Å²) in [6.45, 7) is 0.673. The Bertz CT molecular complexity index is 774. The predicted octanol–water partition coefficient (Wildman–Crippen LogP) is 2.60. The summed E-state index contributed by atoms with van der Waals surface area (Å²) in [7, 11) is 0. The first-order valence-corrected chi connectivity index (χ1v) is 7.55. The van der Waals surface area contributed by atoms with Crippen LogP contribution in [0.4, 0.5) is 13.2 Å². The number of nitrogens with two attached hydrogens (primary N) is 1. The van der Waals surface area contributed by atoms with Crippen LogP contribution in [0.5, 0.6) is 0 Å². The average Bonchev–Trinajstić information content (AvgIpc) is 2.59. The van der Waals surface area contributed by atoms with Gasteiger partial charge < -0.3 is 11.1 Å². The lowest BCUT2D eigenvalue weighted by Crippen LogP contribution is -2.32. The number of pyridine rings is 1. The molecule has 0 atom stereocenters. The van der Waals surface area contributed by atoms with Crippen LogP contribution in [0.25, 0.3) is 0 Å². The van der Waals surface area contributed by atoms with E-state index in [1.54, 1.807) is 6.20 Å². The molecule has 1 aromatic heterocycles. The molecule has 3 N–H and O–H groups in total. The van der Waals surface area contributed by atoms with E-state index >= 15 is 0 Å². The maximum atomic E-state index is 12.6. The van der Waals surface area contributed by atoms with Crippen molar-refractivity contribution in [2.75, 3.05) is 13.1 Å². The van der Waals surface area contributed by atoms with Gasteiger partial charge in [-0.25, -0.2) is 0 Å². The van der Waals surface area contributed by atoms with Crippen molar-refractivity contribution in [3.63, 3.8) is 0 Å². The molecule has 25 heavy (non-hydrogen) atoms. The Balaban J connectivity index is 1.80. The normalized spacial score (nSPS) is 11.6. The van der Waals surface area contributed by atoms with Crippen molar-refractivity contribution in [2.45, 2.75) is 12.6 Å². The van der Waals surface area contributed by atoms with E-state index in [1.165, 1.54) is 12.1 Å². The van der Waals surface area contributed by atoms with Crippen molar-refractivity contribution in [1.82, 2.24) is 10.3 Å². The Morgan fingerprint density at radius 1 is 1.20 bits per heavy atom. The quantitative estimate of drug-likeness (QED) is 0.508. The second-order valence-corrected chi connectivity index (χ2v) is 5.07. The maximum absolute atomic E-state index is 12.6. The van der Waals surface area contributed by atoms with Crippen LogP contribution < -0.4 is 11.1 Å². The van der Waals surface area contributed by atoms with Crippen LogP contribution in [0, 0.1) is 11.8 Å². The van der Waals surface area contributed by atoms with Gasteiger partial charge in [0.2, 0.25) is 0 Å². The van der Waals surface area contributed by atoms with Gasteiger partial charge in [0.25, 0.3) is 0 Å². The van der Waals surface area contributed by atoms with Crippen molar-refractivity contribution >= 4 is 5.96 Å². The Morgan fingerprint density at radius 3 is 2.76 bits per heavy atom. The van der Waals surface area contributed by atoms with Gasteiger partial charge in [0.05, 0.1) is 12.1 Å². The van der Waals surface area contributed by atoms with Gasteiger partial charge in [0.15, 0.2) is 5.96 Å². The van der Waals surface area contributed by atoms with E-state index in [0.717, 1.165) is 17.8 Å². The average molecular weight is 346 g/mol. The molecule has 7 heteroatoms. The van der Waals surface area contributed by atoms with Gasteiger partial charge in [0.1, 0.15) is 0 Å². The Hall–Kier alpha value is -3.01. The third-order valence-corrected chi connectivity index (χ3v) is 3.16. The maximum Gasteiger partial charge on any atom is 0.416 e. The Morgan fingerprint density at radius 2 is 2.04 bits per heavy atom. The molecule has 1 heterocycles. The molecule has 0 fully saturated rings. The highest BCUT2D eigenvalue weighted by Gasteiger charge is 2.30. The summed E-state index contributed by atoms with van der Waals surface area (Å²) in [6, 6.07) is 10.5. The van der Waals surface area contributed by atoms with Gasteiger partial charge in [-0.05, 0) is 30.3 Å². The monoisotopic (exact) mass is 346 g/mol. The number of nitrogens with one attached hydrogen (secondary N) is 1. The number of benzene rings is 1. The molecule has 130 valence electrons. The van der Waals surface area contributed by atoms with Crippen LogP contribution in [0.2, 0.25) is 0 Å². The molecule has 0 amide bonds. The smallest absolute Gasteiger partial charge is 0.370 e. The fraction of sp³-hybridized carbons (Fsp3) is 0.222. The molecule has 2 aromatic rings. The molecule has 0 aliphatic rings. The van der Waals surface area contributed by atoms with Crippen molar-refractivity contribution in [1.29, 1.82) is 0 Å². The lowest BCUT2D eigenvalue weighted by Gasteiger charge is -2.05. The van der Waals surface area contributed by atoms with E-state index in [1.807, 2.05) is 18.2 Å². The summed E-state index contributed by atoms with van der Waals surface area (Å²) >= 11 is 0. The number of alkyl halides is 3. The molecule has 0 spiro atoms. The van der Waals surface area contributed by atoms with Crippen LogP contribution in [0.1, 0.15) is 16.8 Å². The molecule has 0 bridgehead atoms. The van der Waals surface area contributed by atoms with Crippen LogP contribution in [-0.2, 0) is 12.6 Å². The zero-order valence-electron chi connectivity index (χ0n) is 13.3. The number of hydrogen-bond acceptors (Lipinski definition) is 2. The summed E-state index contributed by atoms with van der Waals surface area (Å²) < 4.78 is 37.8. The zero-order chi connectivity index (χ0) is 18.1. The highest BCUT2D eigenvalue weighted by molar-refractivity contribution is 5.78. The van der Waals surface area contributed by atoms with Gasteiger partial charge in [-0.3, -0.25) is 9.98 Å². The molecule has 0 radical (unpaired) electrons. The molecule has 2 rings (SSSR count). The molecule has 4 nitrogen and oxygen atoms in total. The van der Waals surface area contributed by atoms with Crippen molar-refractivity contribution < 1.29 is 13.2 Å². The molecule has 0 saturated heterocycles. The van der Waals surface area contributed by atoms with Gasteiger partial charge in [-0.1, -0.05) is 24.0 Å². The summed E-state index contributed by atoms with van der Waals surface area (Å²) in [5, 5.41) is 2.80. The molecule has 0 unspecified atom stereocenters. The highest BCUT2D eigenvalue weighted by atomic mass is 19.4. The van der Waals surface area contributed by atoms with Crippen LogP contribution in [0.3, 0.4) is 0 Å². The minimum Gasteiger partial charge on any atom is -0.370 e. The summed E-state index contributed by atoms with van der Waals surface area (Å²) in [5.74, 6) is 5.61. The topological polar surface area (TPSA) is 63.3 Å². The molecular formula is C18H17F3N4. The zero-order valence-corrected chi connectivity index (χ0v) is 13.3. The van der Waals surface area contributed by atoms with Crippen LogP contribution in [0.15, 0.2) is 53.7 Å². The SMILES string of the molecule is NC(=NCCc1ccccn1)NCC#Cc1cccc(C(F)(F)F)c1. The number of nitrogens with zero attached hydrogens (tertiary/aromatic N) is 2. The van der Waals surface area contributed by atoms with Crippen molar-refractivity contribution in [3.8, 4) is 11.8 Å². The van der Waals surface area contributed by atoms with E-state index in [-0.39, 0.29) is 12.5 Å². The third kappa shape index (κ3) is 6.55. The van der Waals surface area contributed by atoms with Crippen LogP contribution >= 0.6 is 0 Å². The number of aromatic nitrogens is 1. The number of aliphatic imine (C=N–C) groups is 1. The van der Waals surface area contributed by atoms with E-state index in [4.69, 9.17) is 5.73 Å². The standard InChI is InChI=1S/C18H17F3N4/c19-18(20,21)15-7-3-5-14(13-15)6-4-11-24-17(22)25-12-9-16-8-1-2-10-23-16/h1-3,5,7-8,10,13H,9,11-12H2,(H3,22,24,25). The number of hydrogen-bond donors (Lipinski definition) is 2. The second-order valence-electron chi connectivity index (χ2n) is 5.07. The fourth-order valence-corrected chi connectivity index (χ4v) is 1.95. The molecule has 0 aliphatic heterocycles. The lowest BCUT2D eigenvalue weighted by atomic mass is 10.1. The molecule has 1 aromatic carbocycles. The van der Waals surface area contributed by atoms with Crippen LogP contribution in [-0.4, -0.2) is 24.0 Å². The fourth-order valence-electron chi connectivity index (χ4n) is 1.95. The van der Waals surface area contributed by atoms with Crippen molar-refractivity contribution in [3.05, 3.63) is 65.5 Å². The van der Waals surface area contributed by atoms with E-state index < -0.39 is 11.7 Å². The van der Waals surface area contributed by atoms with Gasteiger partial charge in [0, 0.05) is 30.4 Å². The number of rotatable bonds is 4. The minimum atomic E-state index is -4.37. The van der Waals surface area contributed by atoms with E-state index in [0.29, 0.717) is 18.5 Å². The Kier molecular flexibility index (Phi) is 6.40. The molecular weight excluding hydrogens is 329 g/mol.